The second-order valence-corrected chi connectivity index (χ2v) is 4.18. The lowest BCUT2D eigenvalue weighted by Gasteiger charge is -2.31. The summed E-state index contributed by atoms with van der Waals surface area (Å²) >= 11 is 0. The molecule has 0 saturated carbocycles. The minimum Gasteiger partial charge on any atom is -0.374 e. The van der Waals surface area contributed by atoms with Crippen molar-refractivity contribution in [3.63, 3.8) is 0 Å². The van der Waals surface area contributed by atoms with Crippen LogP contribution in [0.25, 0.3) is 0 Å². The normalized spacial score (nSPS) is 24.4. The Bertz CT molecular complexity index is 148. The highest BCUT2D eigenvalue weighted by Gasteiger charge is 2.17. The molecule has 1 saturated heterocycles. The molecule has 1 rings (SSSR count). The molecule has 0 spiro atoms. The van der Waals surface area contributed by atoms with Crippen molar-refractivity contribution in [3.05, 3.63) is 0 Å². The fraction of sp³-hybridized carbons (Fsp3) is 1.00. The van der Waals surface area contributed by atoms with Gasteiger partial charge in [0.25, 0.3) is 0 Å². The molecule has 84 valence electrons. The molecular weight excluding hydrogens is 176 g/mol. The predicted octanol–water partition coefficient (Wildman–Crippen LogP) is 1.10. The fourth-order valence-corrected chi connectivity index (χ4v) is 1.87. The van der Waals surface area contributed by atoms with Crippen LogP contribution in [0.5, 0.6) is 0 Å². The average Bonchev–Trinajstić information content (AvgIpc) is 2.19. The third-order valence-electron chi connectivity index (χ3n) is 2.96. The van der Waals surface area contributed by atoms with E-state index in [1.807, 2.05) is 0 Å². The van der Waals surface area contributed by atoms with Gasteiger partial charge in [0.1, 0.15) is 0 Å². The lowest BCUT2D eigenvalue weighted by Crippen LogP contribution is -2.46. The largest absolute Gasteiger partial charge is 0.374 e. The average molecular weight is 200 g/mol. The summed E-state index contributed by atoms with van der Waals surface area (Å²) in [4.78, 5) is 2.34. The number of hydrogen-bond acceptors (Lipinski definition) is 3. The Morgan fingerprint density at radius 3 is 2.71 bits per heavy atom. The Labute approximate surface area is 87.8 Å². The van der Waals surface area contributed by atoms with Gasteiger partial charge in [0.2, 0.25) is 0 Å². The highest BCUT2D eigenvalue weighted by Crippen LogP contribution is 2.03. The Balaban J connectivity index is 2.16. The minimum absolute atomic E-state index is 0.384. The Morgan fingerprint density at radius 1 is 1.43 bits per heavy atom. The van der Waals surface area contributed by atoms with Gasteiger partial charge in [0, 0.05) is 25.7 Å². The predicted molar refractivity (Wildman–Crippen MR) is 59.6 cm³/mol. The van der Waals surface area contributed by atoms with Gasteiger partial charge in [0.05, 0.1) is 12.7 Å². The van der Waals surface area contributed by atoms with Crippen molar-refractivity contribution in [1.29, 1.82) is 0 Å². The SMILES string of the molecule is CCC(CC)NC[C@@H]1CN(C)CCO1. The van der Waals surface area contributed by atoms with Crippen molar-refractivity contribution in [2.75, 3.05) is 33.3 Å². The molecule has 0 amide bonds. The van der Waals surface area contributed by atoms with Crippen LogP contribution >= 0.6 is 0 Å². The Morgan fingerprint density at radius 2 is 2.14 bits per heavy atom. The lowest BCUT2D eigenvalue weighted by atomic mass is 10.1. The van der Waals surface area contributed by atoms with E-state index in [9.17, 15) is 0 Å². The second kappa shape index (κ2) is 6.38. The van der Waals surface area contributed by atoms with E-state index < -0.39 is 0 Å². The van der Waals surface area contributed by atoms with E-state index in [0.717, 1.165) is 26.2 Å². The van der Waals surface area contributed by atoms with Crippen molar-refractivity contribution < 1.29 is 4.74 Å². The van der Waals surface area contributed by atoms with Gasteiger partial charge in [-0.15, -0.1) is 0 Å². The number of likely N-dealkylation sites (N-methyl/N-ethyl adjacent to an activating group) is 1. The van der Waals surface area contributed by atoms with Crippen molar-refractivity contribution in [2.24, 2.45) is 0 Å². The maximum Gasteiger partial charge on any atom is 0.0826 e. The fourth-order valence-electron chi connectivity index (χ4n) is 1.87. The summed E-state index contributed by atoms with van der Waals surface area (Å²) in [5.41, 5.74) is 0. The van der Waals surface area contributed by atoms with E-state index in [-0.39, 0.29) is 0 Å². The summed E-state index contributed by atoms with van der Waals surface area (Å²) < 4.78 is 5.68. The third kappa shape index (κ3) is 3.95. The van der Waals surface area contributed by atoms with Gasteiger partial charge < -0.3 is 15.0 Å². The molecule has 0 unspecified atom stereocenters. The van der Waals surface area contributed by atoms with E-state index in [1.54, 1.807) is 0 Å². The molecule has 3 heteroatoms. The molecule has 0 aliphatic carbocycles. The summed E-state index contributed by atoms with van der Waals surface area (Å²) in [5, 5.41) is 3.56. The number of rotatable bonds is 5. The zero-order valence-electron chi connectivity index (χ0n) is 9.75. The van der Waals surface area contributed by atoms with Crippen LogP contribution in [0.3, 0.4) is 0 Å². The summed E-state index contributed by atoms with van der Waals surface area (Å²) in [7, 11) is 2.16. The van der Waals surface area contributed by atoms with Crippen LogP contribution in [0.15, 0.2) is 0 Å². The number of nitrogens with zero attached hydrogens (tertiary/aromatic N) is 1. The first-order chi connectivity index (χ1) is 6.76. The molecule has 0 radical (unpaired) electrons. The molecule has 0 aromatic heterocycles. The van der Waals surface area contributed by atoms with Crippen LogP contribution < -0.4 is 5.32 Å². The van der Waals surface area contributed by atoms with Crippen molar-refractivity contribution >= 4 is 0 Å². The quantitative estimate of drug-likeness (QED) is 0.719. The molecule has 0 aromatic carbocycles. The zero-order valence-corrected chi connectivity index (χ0v) is 9.75. The van der Waals surface area contributed by atoms with E-state index >= 15 is 0 Å². The first-order valence-corrected chi connectivity index (χ1v) is 5.79. The highest BCUT2D eigenvalue weighted by atomic mass is 16.5. The summed E-state index contributed by atoms with van der Waals surface area (Å²) in [6.07, 6.45) is 2.80. The van der Waals surface area contributed by atoms with Crippen LogP contribution in [-0.2, 0) is 4.74 Å². The number of nitrogens with one attached hydrogen (secondary N) is 1. The molecule has 0 bridgehead atoms. The first kappa shape index (κ1) is 12.0. The lowest BCUT2D eigenvalue weighted by molar-refractivity contribution is -0.0193. The molecule has 1 aliphatic rings. The standard InChI is InChI=1S/C11H24N2O/c1-4-10(5-2)12-8-11-9-13(3)6-7-14-11/h10-12H,4-9H2,1-3H3/t11-/m1/s1. The monoisotopic (exact) mass is 200 g/mol. The minimum atomic E-state index is 0.384. The molecule has 14 heavy (non-hydrogen) atoms. The van der Waals surface area contributed by atoms with Gasteiger partial charge in [-0.3, -0.25) is 0 Å². The van der Waals surface area contributed by atoms with E-state index in [1.165, 1.54) is 12.8 Å². The van der Waals surface area contributed by atoms with Crippen LogP contribution in [-0.4, -0.2) is 50.3 Å². The summed E-state index contributed by atoms with van der Waals surface area (Å²) in [6, 6.07) is 0.658. The van der Waals surface area contributed by atoms with Crippen LogP contribution in [0, 0.1) is 0 Å². The highest BCUT2D eigenvalue weighted by molar-refractivity contribution is 4.73. The molecule has 3 nitrogen and oxygen atoms in total. The number of hydrogen-bond donors (Lipinski definition) is 1. The number of ether oxygens (including phenoxy) is 1. The van der Waals surface area contributed by atoms with Crippen LogP contribution in [0.4, 0.5) is 0 Å². The molecule has 1 aliphatic heterocycles. The zero-order chi connectivity index (χ0) is 10.4. The Kier molecular flexibility index (Phi) is 5.45. The smallest absolute Gasteiger partial charge is 0.0826 e. The van der Waals surface area contributed by atoms with Gasteiger partial charge >= 0.3 is 0 Å². The van der Waals surface area contributed by atoms with Gasteiger partial charge in [-0.05, 0) is 19.9 Å². The van der Waals surface area contributed by atoms with Gasteiger partial charge in [-0.2, -0.15) is 0 Å². The molecule has 1 N–H and O–H groups in total. The van der Waals surface area contributed by atoms with Gasteiger partial charge in [-0.25, -0.2) is 0 Å². The van der Waals surface area contributed by atoms with E-state index in [2.05, 4.69) is 31.1 Å². The summed E-state index contributed by atoms with van der Waals surface area (Å²) in [6.45, 7) is 8.47. The van der Waals surface area contributed by atoms with Crippen molar-refractivity contribution in [2.45, 2.75) is 38.8 Å². The molecule has 1 atom stereocenters. The first-order valence-electron chi connectivity index (χ1n) is 5.79. The second-order valence-electron chi connectivity index (χ2n) is 4.18. The topological polar surface area (TPSA) is 24.5 Å². The molecule has 1 fully saturated rings. The molecular formula is C11H24N2O. The van der Waals surface area contributed by atoms with Gasteiger partial charge in [0.15, 0.2) is 0 Å². The third-order valence-corrected chi connectivity index (χ3v) is 2.96. The number of morpholine rings is 1. The van der Waals surface area contributed by atoms with E-state index in [0.29, 0.717) is 12.1 Å². The maximum absolute atomic E-state index is 5.68. The Hall–Kier alpha value is -0.120. The van der Waals surface area contributed by atoms with E-state index in [4.69, 9.17) is 4.74 Å². The van der Waals surface area contributed by atoms with Crippen molar-refractivity contribution in [3.8, 4) is 0 Å². The van der Waals surface area contributed by atoms with Crippen molar-refractivity contribution in [1.82, 2.24) is 10.2 Å². The molecule has 1 heterocycles. The maximum atomic E-state index is 5.68. The van der Waals surface area contributed by atoms with Crippen LogP contribution in [0.2, 0.25) is 0 Å². The molecule has 0 aromatic rings. The summed E-state index contributed by atoms with van der Waals surface area (Å²) in [5.74, 6) is 0. The van der Waals surface area contributed by atoms with Crippen LogP contribution in [0.1, 0.15) is 26.7 Å². The van der Waals surface area contributed by atoms with Gasteiger partial charge in [-0.1, -0.05) is 13.8 Å².